The fourth-order valence-electron chi connectivity index (χ4n) is 0.979. The van der Waals surface area contributed by atoms with E-state index in [4.69, 9.17) is 5.11 Å². The second-order valence-corrected chi connectivity index (χ2v) is 2.51. The van der Waals surface area contributed by atoms with Crippen LogP contribution in [-0.4, -0.2) is 31.0 Å². The summed E-state index contributed by atoms with van der Waals surface area (Å²) in [6.45, 7) is 0. The number of nitrogens with zero attached hydrogens (tertiary/aromatic N) is 3. The smallest absolute Gasteiger partial charge is 0.354 e. The third-order valence-corrected chi connectivity index (χ3v) is 1.58. The second-order valence-electron chi connectivity index (χ2n) is 2.51. The van der Waals surface area contributed by atoms with Crippen molar-refractivity contribution in [2.45, 2.75) is 0 Å². The van der Waals surface area contributed by atoms with Crippen LogP contribution in [0, 0.1) is 0 Å². The van der Waals surface area contributed by atoms with Gasteiger partial charge in [0.2, 0.25) is 0 Å². The molecule has 14 heavy (non-hydrogen) atoms. The van der Waals surface area contributed by atoms with Gasteiger partial charge >= 0.3 is 5.97 Å². The van der Waals surface area contributed by atoms with Crippen LogP contribution in [0.3, 0.4) is 0 Å². The van der Waals surface area contributed by atoms with Crippen molar-refractivity contribution in [2.75, 3.05) is 0 Å². The predicted molar refractivity (Wildman–Crippen MR) is 46.6 cm³/mol. The maximum Gasteiger partial charge on any atom is 0.354 e. The van der Waals surface area contributed by atoms with Crippen LogP contribution in [0.25, 0.3) is 11.6 Å². The van der Waals surface area contributed by atoms with Gasteiger partial charge in [0.15, 0.2) is 17.3 Å². The number of carbonyl (C=O) groups is 1. The lowest BCUT2D eigenvalue weighted by molar-refractivity contribution is 0.0690. The molecule has 0 saturated carbocycles. The van der Waals surface area contributed by atoms with E-state index in [0.717, 1.165) is 0 Å². The molecule has 2 rings (SSSR count). The normalized spacial score (nSPS) is 10.0. The van der Waals surface area contributed by atoms with Gasteiger partial charge in [-0.3, -0.25) is 0 Å². The van der Waals surface area contributed by atoms with Crippen molar-refractivity contribution in [1.82, 2.24) is 19.9 Å². The van der Waals surface area contributed by atoms with E-state index in [1.807, 2.05) is 0 Å². The number of aromatic carboxylic acids is 1. The molecule has 0 aliphatic rings. The van der Waals surface area contributed by atoms with E-state index in [-0.39, 0.29) is 11.5 Å². The molecule has 70 valence electrons. The van der Waals surface area contributed by atoms with Crippen LogP contribution in [0.4, 0.5) is 0 Å². The van der Waals surface area contributed by atoms with Crippen LogP contribution in [0.5, 0.6) is 0 Å². The third kappa shape index (κ3) is 1.45. The average molecular weight is 190 g/mol. The highest BCUT2D eigenvalue weighted by Crippen LogP contribution is 2.07. The summed E-state index contributed by atoms with van der Waals surface area (Å²) in [6.07, 6.45) is 4.55. The Bertz CT molecular complexity index is 452. The Hall–Kier alpha value is -2.24. The van der Waals surface area contributed by atoms with Crippen molar-refractivity contribution in [3.63, 3.8) is 0 Å². The zero-order valence-electron chi connectivity index (χ0n) is 7.01. The number of carboxylic acid groups (broad SMARTS) is 1. The first-order valence-corrected chi connectivity index (χ1v) is 3.83. The molecule has 2 aromatic heterocycles. The van der Waals surface area contributed by atoms with Crippen molar-refractivity contribution in [3.8, 4) is 11.6 Å². The molecular weight excluding hydrogens is 184 g/mol. The van der Waals surface area contributed by atoms with E-state index < -0.39 is 5.97 Å². The van der Waals surface area contributed by atoms with Crippen molar-refractivity contribution in [2.24, 2.45) is 0 Å². The van der Waals surface area contributed by atoms with Crippen LogP contribution >= 0.6 is 0 Å². The van der Waals surface area contributed by atoms with Crippen LogP contribution < -0.4 is 0 Å². The van der Waals surface area contributed by atoms with Gasteiger partial charge < -0.3 is 10.1 Å². The number of rotatable bonds is 2. The molecule has 0 bridgehead atoms. The lowest BCUT2D eigenvalue weighted by Gasteiger charge is -1.96. The van der Waals surface area contributed by atoms with E-state index in [9.17, 15) is 4.79 Å². The monoisotopic (exact) mass is 190 g/mol. The summed E-state index contributed by atoms with van der Waals surface area (Å²) in [5, 5.41) is 8.69. The third-order valence-electron chi connectivity index (χ3n) is 1.58. The maximum atomic E-state index is 10.6. The fraction of sp³-hybridized carbons (Fsp3) is 0. The number of nitrogens with one attached hydrogen (secondary N) is 1. The Balaban J connectivity index is 2.46. The quantitative estimate of drug-likeness (QED) is 0.722. The van der Waals surface area contributed by atoms with E-state index in [0.29, 0.717) is 5.82 Å². The highest BCUT2D eigenvalue weighted by Gasteiger charge is 2.08. The molecule has 0 atom stereocenters. The highest BCUT2D eigenvalue weighted by molar-refractivity contribution is 5.85. The predicted octanol–water partition coefficient (Wildman–Crippen LogP) is 0.565. The summed E-state index contributed by atoms with van der Waals surface area (Å²) >= 11 is 0. The molecule has 0 amide bonds. The van der Waals surface area contributed by atoms with Gasteiger partial charge in [-0.1, -0.05) is 0 Å². The molecule has 2 heterocycles. The maximum absolute atomic E-state index is 10.6. The van der Waals surface area contributed by atoms with Crippen molar-refractivity contribution in [3.05, 3.63) is 30.4 Å². The van der Waals surface area contributed by atoms with Crippen LogP contribution in [0.2, 0.25) is 0 Å². The average Bonchev–Trinajstić information content (AvgIpc) is 2.71. The Morgan fingerprint density at radius 1 is 1.36 bits per heavy atom. The molecule has 0 aliphatic heterocycles. The second kappa shape index (κ2) is 3.25. The zero-order chi connectivity index (χ0) is 9.97. The van der Waals surface area contributed by atoms with Gasteiger partial charge in [-0.2, -0.15) is 0 Å². The lowest BCUT2D eigenvalue weighted by Crippen LogP contribution is -2.02. The van der Waals surface area contributed by atoms with E-state index in [1.54, 1.807) is 12.4 Å². The SMILES string of the molecule is O=C(O)c1ccnc(-c2ncc[nH]2)n1. The topological polar surface area (TPSA) is 91.8 Å². The molecule has 0 spiro atoms. The summed E-state index contributed by atoms with van der Waals surface area (Å²) in [7, 11) is 0. The summed E-state index contributed by atoms with van der Waals surface area (Å²) in [5.74, 6) is -0.358. The van der Waals surface area contributed by atoms with Crippen LogP contribution in [0.15, 0.2) is 24.7 Å². The minimum absolute atomic E-state index is 0.0496. The Morgan fingerprint density at radius 3 is 2.86 bits per heavy atom. The number of imidazole rings is 1. The molecule has 0 aromatic carbocycles. The minimum atomic E-state index is -1.08. The molecule has 0 fully saturated rings. The number of hydrogen-bond donors (Lipinski definition) is 2. The minimum Gasteiger partial charge on any atom is -0.477 e. The molecule has 0 saturated heterocycles. The first-order chi connectivity index (χ1) is 6.77. The van der Waals surface area contributed by atoms with Crippen LogP contribution in [-0.2, 0) is 0 Å². The summed E-state index contributed by atoms with van der Waals surface area (Å²) < 4.78 is 0. The molecule has 0 radical (unpaired) electrons. The Kier molecular flexibility index (Phi) is 1.94. The Morgan fingerprint density at radius 2 is 2.21 bits per heavy atom. The zero-order valence-corrected chi connectivity index (χ0v) is 7.01. The number of aromatic nitrogens is 4. The molecule has 0 aliphatic carbocycles. The van der Waals surface area contributed by atoms with Gasteiger partial charge in [-0.05, 0) is 6.07 Å². The first-order valence-electron chi connectivity index (χ1n) is 3.83. The first kappa shape index (κ1) is 8.36. The molecule has 6 heteroatoms. The number of H-pyrrole nitrogens is 1. The number of aromatic amines is 1. The van der Waals surface area contributed by atoms with E-state index >= 15 is 0 Å². The summed E-state index contributed by atoms with van der Waals surface area (Å²) in [5.41, 5.74) is -0.0496. The van der Waals surface area contributed by atoms with Gasteiger partial charge in [-0.15, -0.1) is 0 Å². The highest BCUT2D eigenvalue weighted by atomic mass is 16.4. The largest absolute Gasteiger partial charge is 0.477 e. The molecule has 2 aromatic rings. The van der Waals surface area contributed by atoms with E-state index in [2.05, 4.69) is 19.9 Å². The molecular formula is C8H6N4O2. The Labute approximate surface area is 78.7 Å². The number of hydrogen-bond acceptors (Lipinski definition) is 4. The molecule has 2 N–H and O–H groups in total. The van der Waals surface area contributed by atoms with Gasteiger partial charge in [0.05, 0.1) is 0 Å². The summed E-state index contributed by atoms with van der Waals surface area (Å²) in [4.78, 5) is 25.0. The van der Waals surface area contributed by atoms with Crippen molar-refractivity contribution in [1.29, 1.82) is 0 Å². The van der Waals surface area contributed by atoms with Gasteiger partial charge in [0, 0.05) is 18.6 Å². The molecule has 0 unspecified atom stereocenters. The van der Waals surface area contributed by atoms with Gasteiger partial charge in [-0.25, -0.2) is 19.7 Å². The van der Waals surface area contributed by atoms with Crippen molar-refractivity contribution >= 4 is 5.97 Å². The van der Waals surface area contributed by atoms with Gasteiger partial charge in [0.1, 0.15) is 0 Å². The van der Waals surface area contributed by atoms with Crippen LogP contribution in [0.1, 0.15) is 10.5 Å². The van der Waals surface area contributed by atoms with E-state index in [1.165, 1.54) is 12.3 Å². The van der Waals surface area contributed by atoms with Crippen molar-refractivity contribution < 1.29 is 9.90 Å². The fourth-order valence-corrected chi connectivity index (χ4v) is 0.979. The standard InChI is InChI=1S/C8H6N4O2/c13-8(14)5-1-2-9-7(12-5)6-10-3-4-11-6/h1-4H,(H,10,11)(H,13,14). The van der Waals surface area contributed by atoms with Gasteiger partial charge in [0.25, 0.3) is 0 Å². The molecule has 6 nitrogen and oxygen atoms in total. The summed E-state index contributed by atoms with van der Waals surface area (Å²) in [6, 6.07) is 1.33. The number of carboxylic acids is 1. The lowest BCUT2D eigenvalue weighted by atomic mass is 10.4.